The molecule has 0 aliphatic heterocycles. The van der Waals surface area contributed by atoms with Crippen molar-refractivity contribution in [1.29, 1.82) is 0 Å². The molecule has 2 N–H and O–H groups in total. The zero-order valence-electron chi connectivity index (χ0n) is 7.90. The summed E-state index contributed by atoms with van der Waals surface area (Å²) in [7, 11) is 0. The molecule has 4 heteroatoms. The van der Waals surface area contributed by atoms with E-state index in [-0.39, 0.29) is 0 Å². The average molecular weight is 205 g/mol. The molecule has 72 valence electrons. The molecule has 0 amide bonds. The average Bonchev–Trinajstić information content (AvgIpc) is 2.67. The Morgan fingerprint density at radius 1 is 1.29 bits per heavy atom. The van der Waals surface area contributed by atoms with Crippen molar-refractivity contribution in [3.63, 3.8) is 0 Å². The smallest absolute Gasteiger partial charge is 0.107 e. The SMILES string of the molecule is Cc1ccc(-c2cnc(CN)s2)cn1. The number of thiazole rings is 1. The van der Waals surface area contributed by atoms with Crippen LogP contribution in [0.1, 0.15) is 10.7 Å². The first-order valence-electron chi connectivity index (χ1n) is 4.37. The van der Waals surface area contributed by atoms with Crippen LogP contribution in [0.5, 0.6) is 0 Å². The molecule has 0 unspecified atom stereocenters. The number of aromatic nitrogens is 2. The number of aryl methyl sites for hydroxylation is 1. The minimum absolute atomic E-state index is 0.504. The van der Waals surface area contributed by atoms with E-state index in [4.69, 9.17) is 5.73 Å². The van der Waals surface area contributed by atoms with Gasteiger partial charge in [0.15, 0.2) is 0 Å². The molecule has 2 heterocycles. The maximum atomic E-state index is 5.50. The third-order valence-electron chi connectivity index (χ3n) is 1.92. The molecule has 3 nitrogen and oxygen atoms in total. The van der Waals surface area contributed by atoms with Crippen LogP contribution in [0.15, 0.2) is 24.5 Å². The van der Waals surface area contributed by atoms with Gasteiger partial charge in [0.1, 0.15) is 5.01 Å². The maximum absolute atomic E-state index is 5.50. The van der Waals surface area contributed by atoms with Crippen LogP contribution in [0.4, 0.5) is 0 Å². The third-order valence-corrected chi connectivity index (χ3v) is 2.99. The normalized spacial score (nSPS) is 10.4. The summed E-state index contributed by atoms with van der Waals surface area (Å²) < 4.78 is 0. The molecule has 0 spiro atoms. The maximum Gasteiger partial charge on any atom is 0.107 e. The van der Waals surface area contributed by atoms with Gasteiger partial charge in [0, 0.05) is 30.2 Å². The Labute approximate surface area is 86.6 Å². The number of rotatable bonds is 2. The molecule has 2 aromatic rings. The van der Waals surface area contributed by atoms with Crippen LogP contribution in [0.2, 0.25) is 0 Å². The van der Waals surface area contributed by atoms with E-state index >= 15 is 0 Å². The monoisotopic (exact) mass is 205 g/mol. The Hall–Kier alpha value is -1.26. The summed E-state index contributed by atoms with van der Waals surface area (Å²) in [6, 6.07) is 4.05. The molecule has 0 aliphatic carbocycles. The molecule has 14 heavy (non-hydrogen) atoms. The summed E-state index contributed by atoms with van der Waals surface area (Å²) in [4.78, 5) is 9.56. The topological polar surface area (TPSA) is 51.8 Å². The van der Waals surface area contributed by atoms with Crippen molar-refractivity contribution in [2.24, 2.45) is 5.73 Å². The van der Waals surface area contributed by atoms with Crippen molar-refractivity contribution in [2.75, 3.05) is 0 Å². The predicted molar refractivity (Wildman–Crippen MR) is 58.0 cm³/mol. The van der Waals surface area contributed by atoms with E-state index in [9.17, 15) is 0 Å². The van der Waals surface area contributed by atoms with Crippen LogP contribution >= 0.6 is 11.3 Å². The van der Waals surface area contributed by atoms with E-state index in [0.29, 0.717) is 6.54 Å². The second-order valence-electron chi connectivity index (χ2n) is 3.01. The second-order valence-corrected chi connectivity index (χ2v) is 4.13. The van der Waals surface area contributed by atoms with Crippen LogP contribution < -0.4 is 5.73 Å². The standard InChI is InChI=1S/C10H11N3S/c1-7-2-3-8(5-12-7)9-6-13-10(4-11)14-9/h2-3,5-6H,4,11H2,1H3. The van der Waals surface area contributed by atoms with E-state index in [1.54, 1.807) is 11.3 Å². The first kappa shape index (κ1) is 9.30. The van der Waals surface area contributed by atoms with Gasteiger partial charge in [0.25, 0.3) is 0 Å². The summed E-state index contributed by atoms with van der Waals surface area (Å²) in [5.41, 5.74) is 7.63. The van der Waals surface area contributed by atoms with E-state index in [1.165, 1.54) is 0 Å². The van der Waals surface area contributed by atoms with Gasteiger partial charge in [-0.05, 0) is 13.0 Å². The number of nitrogens with zero attached hydrogens (tertiary/aromatic N) is 2. The van der Waals surface area contributed by atoms with Crippen molar-refractivity contribution in [3.8, 4) is 10.4 Å². The molecule has 0 fully saturated rings. The van der Waals surface area contributed by atoms with Crippen LogP contribution in [0.3, 0.4) is 0 Å². The summed E-state index contributed by atoms with van der Waals surface area (Å²) in [6.07, 6.45) is 3.71. The highest BCUT2D eigenvalue weighted by Gasteiger charge is 2.02. The lowest BCUT2D eigenvalue weighted by atomic mass is 10.2. The summed E-state index contributed by atoms with van der Waals surface area (Å²) in [6.45, 7) is 2.48. The van der Waals surface area contributed by atoms with Gasteiger partial charge in [0.2, 0.25) is 0 Å². The van der Waals surface area contributed by atoms with Gasteiger partial charge in [-0.1, -0.05) is 6.07 Å². The van der Waals surface area contributed by atoms with E-state index < -0.39 is 0 Å². The highest BCUT2D eigenvalue weighted by molar-refractivity contribution is 7.15. The first-order chi connectivity index (χ1) is 6.79. The Balaban J connectivity index is 2.34. The van der Waals surface area contributed by atoms with Crippen LogP contribution in [-0.2, 0) is 6.54 Å². The number of hydrogen-bond donors (Lipinski definition) is 1. The van der Waals surface area contributed by atoms with Crippen molar-refractivity contribution >= 4 is 11.3 Å². The zero-order chi connectivity index (χ0) is 9.97. The molecule has 0 bridgehead atoms. The van der Waals surface area contributed by atoms with Gasteiger partial charge in [-0.3, -0.25) is 4.98 Å². The van der Waals surface area contributed by atoms with Crippen molar-refractivity contribution in [3.05, 3.63) is 35.2 Å². The lowest BCUT2D eigenvalue weighted by Crippen LogP contribution is -1.93. The molecule has 0 saturated heterocycles. The third kappa shape index (κ3) is 1.81. The molecule has 0 radical (unpaired) electrons. The van der Waals surface area contributed by atoms with Crippen molar-refractivity contribution in [2.45, 2.75) is 13.5 Å². The minimum atomic E-state index is 0.504. The van der Waals surface area contributed by atoms with Gasteiger partial charge in [0.05, 0.1) is 4.88 Å². The second kappa shape index (κ2) is 3.86. The molecule has 2 aromatic heterocycles. The van der Waals surface area contributed by atoms with Gasteiger partial charge < -0.3 is 5.73 Å². The molecule has 0 aromatic carbocycles. The fourth-order valence-electron chi connectivity index (χ4n) is 1.15. The lowest BCUT2D eigenvalue weighted by Gasteiger charge is -1.95. The van der Waals surface area contributed by atoms with Crippen molar-refractivity contribution in [1.82, 2.24) is 9.97 Å². The van der Waals surface area contributed by atoms with Crippen LogP contribution in [0, 0.1) is 6.92 Å². The van der Waals surface area contributed by atoms with Gasteiger partial charge in [-0.15, -0.1) is 11.3 Å². The number of hydrogen-bond acceptors (Lipinski definition) is 4. The fraction of sp³-hybridized carbons (Fsp3) is 0.200. The van der Waals surface area contributed by atoms with Crippen LogP contribution in [-0.4, -0.2) is 9.97 Å². The first-order valence-corrected chi connectivity index (χ1v) is 5.19. The van der Waals surface area contributed by atoms with E-state index in [2.05, 4.69) is 16.0 Å². The van der Waals surface area contributed by atoms with Crippen molar-refractivity contribution < 1.29 is 0 Å². The molecule has 0 aliphatic rings. The van der Waals surface area contributed by atoms with Gasteiger partial charge in [-0.25, -0.2) is 4.98 Å². The molecular formula is C10H11N3S. The Kier molecular flexibility index (Phi) is 2.56. The molecule has 0 atom stereocenters. The Morgan fingerprint density at radius 3 is 2.71 bits per heavy atom. The summed E-state index contributed by atoms with van der Waals surface area (Å²) in [5.74, 6) is 0. The lowest BCUT2D eigenvalue weighted by molar-refractivity contribution is 1.04. The van der Waals surface area contributed by atoms with Gasteiger partial charge >= 0.3 is 0 Å². The molecular weight excluding hydrogens is 194 g/mol. The quantitative estimate of drug-likeness (QED) is 0.815. The van der Waals surface area contributed by atoms with E-state index in [0.717, 1.165) is 21.1 Å². The largest absolute Gasteiger partial charge is 0.325 e. The highest BCUT2D eigenvalue weighted by Crippen LogP contribution is 2.24. The fourth-order valence-corrected chi connectivity index (χ4v) is 1.94. The highest BCUT2D eigenvalue weighted by atomic mass is 32.1. The molecule has 0 saturated carbocycles. The predicted octanol–water partition coefficient (Wildman–Crippen LogP) is 1.97. The summed E-state index contributed by atoms with van der Waals surface area (Å²) >= 11 is 1.62. The number of nitrogens with two attached hydrogens (primary N) is 1. The Morgan fingerprint density at radius 2 is 2.14 bits per heavy atom. The van der Waals surface area contributed by atoms with Gasteiger partial charge in [-0.2, -0.15) is 0 Å². The summed E-state index contributed by atoms with van der Waals surface area (Å²) in [5, 5.41) is 0.959. The van der Waals surface area contributed by atoms with Crippen LogP contribution in [0.25, 0.3) is 10.4 Å². The zero-order valence-corrected chi connectivity index (χ0v) is 8.71. The molecule has 2 rings (SSSR count). The minimum Gasteiger partial charge on any atom is -0.325 e. The number of pyridine rings is 1. The Bertz CT molecular complexity index is 419. The van der Waals surface area contributed by atoms with E-state index in [1.807, 2.05) is 25.4 Å².